The van der Waals surface area contributed by atoms with E-state index in [1.165, 1.54) is 0 Å². The van der Waals surface area contributed by atoms with Crippen LogP contribution in [0.2, 0.25) is 0 Å². The van der Waals surface area contributed by atoms with Crippen LogP contribution in [0.1, 0.15) is 6.92 Å². The van der Waals surface area contributed by atoms with Crippen molar-refractivity contribution in [2.45, 2.75) is 16.1 Å². The number of allylic oxidation sites excluding steroid dienone is 3. The second kappa shape index (κ2) is 3.75. The molecule has 0 saturated carbocycles. The average Bonchev–Trinajstić information content (AvgIpc) is 1.99. The van der Waals surface area contributed by atoms with Crippen molar-refractivity contribution >= 4 is 63.7 Å². The maximum Gasteiger partial charge on any atom is 0.127 e. The van der Waals surface area contributed by atoms with Crippen LogP contribution in [0.25, 0.3) is 0 Å². The van der Waals surface area contributed by atoms with Crippen molar-refractivity contribution in [2.75, 3.05) is 0 Å². The molecule has 0 aliphatic heterocycles. The summed E-state index contributed by atoms with van der Waals surface area (Å²) in [4.78, 5) is 0.0318. The van der Waals surface area contributed by atoms with Crippen LogP contribution in [0.3, 0.4) is 0 Å². The number of rotatable bonds is 0. The fourth-order valence-corrected chi connectivity index (χ4v) is 3.28. The fourth-order valence-electron chi connectivity index (χ4n) is 0.819. The molecule has 0 bridgehead atoms. The standard InChI is InChI=1S/C7H6Br4O/c1-7(11)4(8)2-3(12)5(9)6(7)10/h2,6,12H,1H3. The van der Waals surface area contributed by atoms with E-state index in [2.05, 4.69) is 63.7 Å². The van der Waals surface area contributed by atoms with Gasteiger partial charge in [0.25, 0.3) is 0 Å². The lowest BCUT2D eigenvalue weighted by atomic mass is 10.0. The smallest absolute Gasteiger partial charge is 0.127 e. The van der Waals surface area contributed by atoms with Crippen molar-refractivity contribution < 1.29 is 5.11 Å². The van der Waals surface area contributed by atoms with E-state index < -0.39 is 0 Å². The van der Waals surface area contributed by atoms with Crippen LogP contribution in [0.15, 0.2) is 20.8 Å². The lowest BCUT2D eigenvalue weighted by Crippen LogP contribution is -2.32. The van der Waals surface area contributed by atoms with Gasteiger partial charge < -0.3 is 5.11 Å². The lowest BCUT2D eigenvalue weighted by molar-refractivity contribution is 0.423. The molecule has 12 heavy (non-hydrogen) atoms. The van der Waals surface area contributed by atoms with Crippen LogP contribution in [-0.2, 0) is 0 Å². The van der Waals surface area contributed by atoms with Crippen LogP contribution >= 0.6 is 63.7 Å². The topological polar surface area (TPSA) is 20.2 Å². The second-order valence-electron chi connectivity index (χ2n) is 2.66. The molecule has 1 aliphatic rings. The summed E-state index contributed by atoms with van der Waals surface area (Å²) in [5.41, 5.74) is 0. The third kappa shape index (κ3) is 1.83. The van der Waals surface area contributed by atoms with Crippen LogP contribution in [0.5, 0.6) is 0 Å². The largest absolute Gasteiger partial charge is 0.507 e. The van der Waals surface area contributed by atoms with E-state index in [1.807, 2.05) is 6.92 Å². The first-order valence-corrected chi connectivity index (χ1v) is 6.46. The van der Waals surface area contributed by atoms with Gasteiger partial charge in [0.1, 0.15) is 5.76 Å². The second-order valence-corrected chi connectivity index (χ2v) is 6.94. The van der Waals surface area contributed by atoms with Gasteiger partial charge in [0.05, 0.1) is 13.6 Å². The summed E-state index contributed by atoms with van der Waals surface area (Å²) in [6.07, 6.45) is 1.68. The number of alkyl halides is 2. The molecule has 1 nitrogen and oxygen atoms in total. The van der Waals surface area contributed by atoms with Gasteiger partial charge >= 0.3 is 0 Å². The first-order chi connectivity index (χ1) is 5.37. The van der Waals surface area contributed by atoms with Gasteiger partial charge in [-0.1, -0.05) is 63.7 Å². The van der Waals surface area contributed by atoms with Crippen molar-refractivity contribution in [3.8, 4) is 0 Å². The molecule has 0 heterocycles. The van der Waals surface area contributed by atoms with E-state index in [4.69, 9.17) is 0 Å². The minimum atomic E-state index is -0.210. The van der Waals surface area contributed by atoms with Gasteiger partial charge in [-0.25, -0.2) is 0 Å². The van der Waals surface area contributed by atoms with Gasteiger partial charge in [0.15, 0.2) is 0 Å². The molecule has 0 spiro atoms. The Morgan fingerprint density at radius 1 is 1.50 bits per heavy atom. The summed E-state index contributed by atoms with van der Waals surface area (Å²) in [5, 5.41) is 9.43. The summed E-state index contributed by atoms with van der Waals surface area (Å²) >= 11 is 13.7. The lowest BCUT2D eigenvalue weighted by Gasteiger charge is -2.31. The molecular weight excluding hydrogens is 420 g/mol. The van der Waals surface area contributed by atoms with Crippen molar-refractivity contribution in [2.24, 2.45) is 0 Å². The Kier molecular flexibility index (Phi) is 3.52. The Bertz CT molecular complexity index is 267. The van der Waals surface area contributed by atoms with Crippen molar-refractivity contribution in [3.63, 3.8) is 0 Å². The van der Waals surface area contributed by atoms with E-state index >= 15 is 0 Å². The third-order valence-electron chi connectivity index (χ3n) is 1.67. The number of hydrogen-bond donors (Lipinski definition) is 1. The molecule has 1 N–H and O–H groups in total. The predicted molar refractivity (Wildman–Crippen MR) is 65.6 cm³/mol. The molecule has 1 aliphatic carbocycles. The van der Waals surface area contributed by atoms with Crippen molar-refractivity contribution in [3.05, 3.63) is 20.8 Å². The summed E-state index contributed by atoms with van der Waals surface area (Å²) in [6, 6.07) is 0. The molecule has 2 unspecified atom stereocenters. The predicted octanol–water partition coefficient (Wildman–Crippen LogP) is 4.36. The molecule has 0 aromatic carbocycles. The first kappa shape index (κ1) is 11.3. The molecule has 0 amide bonds. The molecular formula is C7H6Br4O. The highest BCUT2D eigenvalue weighted by atomic mass is 79.9. The van der Waals surface area contributed by atoms with Gasteiger partial charge in [-0.15, -0.1) is 0 Å². The summed E-state index contributed by atoms with van der Waals surface area (Å²) in [6.45, 7) is 2.01. The van der Waals surface area contributed by atoms with Crippen LogP contribution in [0, 0.1) is 0 Å². The van der Waals surface area contributed by atoms with E-state index in [9.17, 15) is 5.11 Å². The molecule has 0 saturated heterocycles. The number of aliphatic hydroxyl groups excluding tert-OH is 1. The highest BCUT2D eigenvalue weighted by Crippen LogP contribution is 2.47. The van der Waals surface area contributed by atoms with Gasteiger partial charge in [-0.3, -0.25) is 0 Å². The normalized spacial score (nSPS) is 36.8. The van der Waals surface area contributed by atoms with E-state index in [1.54, 1.807) is 6.08 Å². The van der Waals surface area contributed by atoms with Crippen LogP contribution in [-0.4, -0.2) is 14.3 Å². The molecule has 5 heteroatoms. The highest BCUT2D eigenvalue weighted by Gasteiger charge is 2.38. The van der Waals surface area contributed by atoms with Gasteiger partial charge in [-0.05, 0) is 13.0 Å². The van der Waals surface area contributed by atoms with Crippen molar-refractivity contribution in [1.82, 2.24) is 0 Å². The Labute approximate surface area is 105 Å². The first-order valence-electron chi connectivity index (χ1n) is 3.16. The highest BCUT2D eigenvalue weighted by molar-refractivity contribution is 9.16. The summed E-state index contributed by atoms with van der Waals surface area (Å²) < 4.78 is 1.46. The summed E-state index contributed by atoms with van der Waals surface area (Å²) in [7, 11) is 0. The Balaban J connectivity index is 3.16. The quantitative estimate of drug-likeness (QED) is 0.572. The number of hydrogen-bond acceptors (Lipinski definition) is 1. The Hall–Kier alpha value is 1.20. The Morgan fingerprint density at radius 2 is 2.00 bits per heavy atom. The minimum absolute atomic E-state index is 0.0318. The van der Waals surface area contributed by atoms with Crippen LogP contribution < -0.4 is 0 Å². The van der Waals surface area contributed by atoms with Gasteiger partial charge in [0.2, 0.25) is 0 Å². The maximum atomic E-state index is 9.43. The molecule has 0 radical (unpaired) electrons. The molecule has 0 aromatic heterocycles. The van der Waals surface area contributed by atoms with Gasteiger partial charge in [0, 0.05) is 4.48 Å². The minimum Gasteiger partial charge on any atom is -0.507 e. The van der Waals surface area contributed by atoms with Gasteiger partial charge in [-0.2, -0.15) is 0 Å². The number of halogens is 4. The fraction of sp³-hybridized carbons (Fsp3) is 0.429. The average molecular weight is 426 g/mol. The number of aliphatic hydroxyl groups is 1. The van der Waals surface area contributed by atoms with Crippen LogP contribution in [0.4, 0.5) is 0 Å². The van der Waals surface area contributed by atoms with E-state index in [0.29, 0.717) is 0 Å². The monoisotopic (exact) mass is 422 g/mol. The molecule has 0 fully saturated rings. The molecule has 0 aromatic rings. The molecule has 1 rings (SSSR count). The molecule has 2 atom stereocenters. The zero-order chi connectivity index (χ0) is 9.52. The van der Waals surface area contributed by atoms with E-state index in [0.717, 1.165) is 8.96 Å². The molecule has 68 valence electrons. The summed E-state index contributed by atoms with van der Waals surface area (Å²) in [5.74, 6) is 0.251. The van der Waals surface area contributed by atoms with Crippen molar-refractivity contribution in [1.29, 1.82) is 0 Å². The zero-order valence-corrected chi connectivity index (χ0v) is 12.5. The Morgan fingerprint density at radius 3 is 2.50 bits per heavy atom. The van der Waals surface area contributed by atoms with E-state index in [-0.39, 0.29) is 14.9 Å². The SMILES string of the molecule is CC1(Br)C(Br)=CC(O)=C(Br)C1Br. The third-order valence-corrected chi connectivity index (χ3v) is 7.61. The maximum absolute atomic E-state index is 9.43. The zero-order valence-electron chi connectivity index (χ0n) is 6.11.